The third-order valence-electron chi connectivity index (χ3n) is 8.00. The Labute approximate surface area is 246 Å². The van der Waals surface area contributed by atoms with Gasteiger partial charge in [0.05, 0.1) is 29.2 Å². The van der Waals surface area contributed by atoms with Crippen molar-refractivity contribution in [3.63, 3.8) is 0 Å². The maximum Gasteiger partial charge on any atom is 0.416 e. The van der Waals surface area contributed by atoms with Gasteiger partial charge in [0.1, 0.15) is 5.54 Å². The van der Waals surface area contributed by atoms with Gasteiger partial charge in [-0.2, -0.15) is 31.4 Å². The number of carbonyl (C=O) groups excluding carboxylic acids is 2. The molecule has 8 nitrogen and oxygen atoms in total. The molecule has 2 aliphatic rings. The molecule has 1 spiro atoms. The van der Waals surface area contributed by atoms with Crippen molar-refractivity contribution in [2.24, 2.45) is 0 Å². The van der Waals surface area contributed by atoms with Crippen molar-refractivity contribution < 1.29 is 35.9 Å². The predicted molar refractivity (Wildman–Crippen MR) is 147 cm³/mol. The maximum absolute atomic E-state index is 13.7. The normalized spacial score (nSPS) is 16.8. The van der Waals surface area contributed by atoms with Gasteiger partial charge in [-0.05, 0) is 61.4 Å². The second kappa shape index (κ2) is 10.7. The maximum atomic E-state index is 13.7. The molecule has 0 saturated carbocycles. The number of carbonyl (C=O) groups is 2. The predicted octanol–water partition coefficient (Wildman–Crippen LogP) is 5.54. The van der Waals surface area contributed by atoms with Gasteiger partial charge in [0.2, 0.25) is 5.91 Å². The zero-order valence-corrected chi connectivity index (χ0v) is 22.9. The van der Waals surface area contributed by atoms with Crippen molar-refractivity contribution in [2.75, 3.05) is 24.7 Å². The van der Waals surface area contributed by atoms with E-state index >= 15 is 0 Å². The number of halogens is 6. The van der Waals surface area contributed by atoms with E-state index in [0.29, 0.717) is 37.2 Å². The number of pyridine rings is 1. The van der Waals surface area contributed by atoms with Crippen LogP contribution in [0.5, 0.6) is 0 Å². The van der Waals surface area contributed by atoms with Gasteiger partial charge in [-0.25, -0.2) is 4.68 Å². The summed E-state index contributed by atoms with van der Waals surface area (Å²) in [6, 6.07) is 14.9. The van der Waals surface area contributed by atoms with Crippen LogP contribution in [0, 0.1) is 0 Å². The summed E-state index contributed by atoms with van der Waals surface area (Å²) in [5.74, 6) is -0.718. The lowest BCUT2D eigenvalue weighted by molar-refractivity contribution is -0.143. The van der Waals surface area contributed by atoms with E-state index < -0.39 is 40.6 Å². The average molecular weight is 615 g/mol. The molecule has 0 unspecified atom stereocenters. The molecule has 2 aromatic heterocycles. The van der Waals surface area contributed by atoms with E-state index in [2.05, 4.69) is 15.4 Å². The molecule has 0 atom stereocenters. The quantitative estimate of drug-likeness (QED) is 0.306. The number of hydrogen-bond donors (Lipinski definition) is 1. The van der Waals surface area contributed by atoms with Crippen molar-refractivity contribution in [3.05, 3.63) is 95.9 Å². The second-order valence-electron chi connectivity index (χ2n) is 10.6. The molecule has 228 valence electrons. The molecule has 2 aromatic carbocycles. The minimum absolute atomic E-state index is 0.0344. The topological polar surface area (TPSA) is 83.4 Å². The summed E-state index contributed by atoms with van der Waals surface area (Å²) in [7, 11) is 0. The van der Waals surface area contributed by atoms with Crippen LogP contribution in [0.25, 0.3) is 16.9 Å². The number of nitrogens with one attached hydrogen (secondary N) is 1. The van der Waals surface area contributed by atoms with Crippen LogP contribution in [-0.2, 0) is 17.1 Å². The monoisotopic (exact) mass is 614 g/mol. The first-order valence-electron chi connectivity index (χ1n) is 13.6. The fraction of sp³-hybridized carbons (Fsp3) is 0.267. The van der Waals surface area contributed by atoms with E-state index in [9.17, 15) is 35.9 Å². The fourth-order valence-corrected chi connectivity index (χ4v) is 5.75. The zero-order valence-electron chi connectivity index (χ0n) is 22.9. The van der Waals surface area contributed by atoms with Crippen LogP contribution in [-0.4, -0.2) is 56.8 Å². The molecule has 2 aliphatic heterocycles. The van der Waals surface area contributed by atoms with Crippen LogP contribution >= 0.6 is 0 Å². The SMILES string of the molecule is O=C(c1cc(-c2ccncc2)n(-c2cc(C(F)(F)F)cc(C(F)(F)F)c2)n1)N1CCC2(CC1)C(=O)NCN2c1ccccc1. The van der Waals surface area contributed by atoms with Crippen molar-refractivity contribution in [2.45, 2.75) is 30.7 Å². The molecule has 14 heteroatoms. The Bertz CT molecular complexity index is 1660. The molecule has 1 N–H and O–H groups in total. The molecular weight excluding hydrogens is 590 g/mol. The summed E-state index contributed by atoms with van der Waals surface area (Å²) in [4.78, 5) is 34.0. The zero-order chi connectivity index (χ0) is 31.3. The number of likely N-dealkylation sites (tertiary alicyclic amines) is 1. The third-order valence-corrected chi connectivity index (χ3v) is 8.00. The Morgan fingerprint density at radius 1 is 0.818 bits per heavy atom. The van der Waals surface area contributed by atoms with Gasteiger partial charge in [-0.15, -0.1) is 0 Å². The van der Waals surface area contributed by atoms with E-state index in [1.165, 1.54) is 35.5 Å². The molecule has 2 saturated heterocycles. The molecule has 4 heterocycles. The van der Waals surface area contributed by atoms with Crippen molar-refractivity contribution in [3.8, 4) is 16.9 Å². The molecular formula is C30H24F6N6O2. The van der Waals surface area contributed by atoms with Crippen LogP contribution in [0.1, 0.15) is 34.5 Å². The lowest BCUT2D eigenvalue weighted by Gasteiger charge is -2.43. The van der Waals surface area contributed by atoms with Crippen LogP contribution in [0.3, 0.4) is 0 Å². The molecule has 0 bridgehead atoms. The van der Waals surface area contributed by atoms with Gasteiger partial charge in [0.25, 0.3) is 5.91 Å². The van der Waals surface area contributed by atoms with Gasteiger partial charge < -0.3 is 15.1 Å². The summed E-state index contributed by atoms with van der Waals surface area (Å²) in [5.41, 5.74) is -3.25. The highest BCUT2D eigenvalue weighted by atomic mass is 19.4. The minimum atomic E-state index is -5.07. The number of amides is 2. The van der Waals surface area contributed by atoms with E-state index in [1.54, 1.807) is 0 Å². The summed E-state index contributed by atoms with van der Waals surface area (Å²) < 4.78 is 82.8. The highest BCUT2D eigenvalue weighted by Crippen LogP contribution is 2.39. The number of aromatic nitrogens is 3. The van der Waals surface area contributed by atoms with Gasteiger partial charge >= 0.3 is 12.4 Å². The minimum Gasteiger partial charge on any atom is -0.339 e. The van der Waals surface area contributed by atoms with Gasteiger partial charge in [0.15, 0.2) is 5.69 Å². The highest BCUT2D eigenvalue weighted by Gasteiger charge is 2.51. The van der Waals surface area contributed by atoms with E-state index in [1.807, 2.05) is 35.2 Å². The fourth-order valence-electron chi connectivity index (χ4n) is 5.75. The molecule has 2 amide bonds. The number of para-hydroxylation sites is 1. The second-order valence-corrected chi connectivity index (χ2v) is 10.6. The van der Waals surface area contributed by atoms with E-state index in [4.69, 9.17) is 0 Å². The average Bonchev–Trinajstić information content (AvgIpc) is 3.59. The van der Waals surface area contributed by atoms with Crippen LogP contribution < -0.4 is 10.2 Å². The molecule has 6 rings (SSSR count). The standard InChI is InChI=1S/C30H24F6N6O2/c31-29(32,33)20-14-21(30(34,35)36)16-23(15-20)42-25(19-6-10-37-11-7-19)17-24(39-42)26(43)40-12-8-28(9-13-40)27(44)38-18-41(28)22-4-2-1-3-5-22/h1-7,10-11,14-17H,8-9,12-13,18H2,(H,38,44). The Hall–Kier alpha value is -4.88. The number of benzene rings is 2. The van der Waals surface area contributed by atoms with Gasteiger partial charge in [0, 0.05) is 36.7 Å². The van der Waals surface area contributed by atoms with Crippen molar-refractivity contribution in [1.29, 1.82) is 0 Å². The first kappa shape index (κ1) is 29.2. The largest absolute Gasteiger partial charge is 0.416 e. The molecule has 4 aromatic rings. The van der Waals surface area contributed by atoms with Crippen molar-refractivity contribution in [1.82, 2.24) is 25.0 Å². The van der Waals surface area contributed by atoms with E-state index in [0.717, 1.165) is 10.4 Å². The summed E-state index contributed by atoms with van der Waals surface area (Å²) in [6.07, 6.45) is -6.72. The molecule has 0 aliphatic carbocycles. The van der Waals surface area contributed by atoms with Gasteiger partial charge in [-0.3, -0.25) is 14.6 Å². The number of piperidine rings is 1. The van der Waals surface area contributed by atoms with Crippen LogP contribution in [0.4, 0.5) is 32.0 Å². The number of nitrogens with zero attached hydrogens (tertiary/aromatic N) is 5. The molecule has 0 radical (unpaired) electrons. The Morgan fingerprint density at radius 3 is 2.02 bits per heavy atom. The van der Waals surface area contributed by atoms with E-state index in [-0.39, 0.29) is 36.5 Å². The number of rotatable bonds is 4. The van der Waals surface area contributed by atoms with Crippen LogP contribution in [0.2, 0.25) is 0 Å². The number of anilines is 1. The first-order valence-corrected chi connectivity index (χ1v) is 13.6. The summed E-state index contributed by atoms with van der Waals surface area (Å²) in [5, 5.41) is 7.11. The van der Waals surface area contributed by atoms with Crippen LogP contribution in [0.15, 0.2) is 79.1 Å². The first-order chi connectivity index (χ1) is 20.9. The number of alkyl halides is 6. The van der Waals surface area contributed by atoms with Gasteiger partial charge in [-0.1, -0.05) is 18.2 Å². The summed E-state index contributed by atoms with van der Waals surface area (Å²) in [6.45, 7) is 0.664. The Morgan fingerprint density at radius 2 is 1.43 bits per heavy atom. The Balaban J connectivity index is 1.35. The number of hydrogen-bond acceptors (Lipinski definition) is 5. The lowest BCUT2D eigenvalue weighted by atomic mass is 9.85. The summed E-state index contributed by atoms with van der Waals surface area (Å²) >= 11 is 0. The Kier molecular flexibility index (Phi) is 7.09. The smallest absolute Gasteiger partial charge is 0.339 e. The highest BCUT2D eigenvalue weighted by molar-refractivity contribution is 5.96. The molecule has 2 fully saturated rings. The molecule has 44 heavy (non-hydrogen) atoms. The lowest BCUT2D eigenvalue weighted by Crippen LogP contribution is -2.57. The van der Waals surface area contributed by atoms with Crippen molar-refractivity contribution >= 4 is 17.5 Å². The third kappa shape index (κ3) is 5.24.